The van der Waals surface area contributed by atoms with E-state index in [1.54, 1.807) is 0 Å². The minimum atomic E-state index is -0.289. The Bertz CT molecular complexity index is 251. The van der Waals surface area contributed by atoms with Gasteiger partial charge < -0.3 is 11.5 Å². The van der Waals surface area contributed by atoms with Crippen LogP contribution in [0.15, 0.2) is 22.9 Å². The predicted octanol–water partition coefficient (Wildman–Crippen LogP) is 1.68. The molecule has 1 rings (SSSR count). The molecule has 0 aliphatic heterocycles. The van der Waals surface area contributed by atoms with Crippen LogP contribution in [0.25, 0.3) is 0 Å². The van der Waals surface area contributed by atoms with Crippen LogP contribution in [0.4, 0.5) is 0 Å². The molecular formula is C10H18N2. The van der Waals surface area contributed by atoms with Crippen LogP contribution in [0.1, 0.15) is 33.6 Å². The third-order valence-electron chi connectivity index (χ3n) is 2.65. The van der Waals surface area contributed by atoms with E-state index < -0.39 is 0 Å². The van der Waals surface area contributed by atoms with Gasteiger partial charge in [-0.15, -0.1) is 0 Å². The Balaban J connectivity index is 3.06. The zero-order valence-corrected chi connectivity index (χ0v) is 8.15. The fourth-order valence-corrected chi connectivity index (χ4v) is 1.80. The molecule has 68 valence electrons. The summed E-state index contributed by atoms with van der Waals surface area (Å²) in [5.74, 6) is 0. The van der Waals surface area contributed by atoms with Gasteiger partial charge in [-0.1, -0.05) is 18.6 Å². The minimum absolute atomic E-state index is 0.289. The van der Waals surface area contributed by atoms with Crippen LogP contribution >= 0.6 is 0 Å². The molecule has 1 aliphatic rings. The molecule has 0 saturated carbocycles. The van der Waals surface area contributed by atoms with E-state index in [-0.39, 0.29) is 5.54 Å². The van der Waals surface area contributed by atoms with Crippen molar-refractivity contribution in [2.24, 2.45) is 11.5 Å². The molecule has 0 radical (unpaired) electrons. The second-order valence-electron chi connectivity index (χ2n) is 3.77. The van der Waals surface area contributed by atoms with Crippen molar-refractivity contribution in [1.29, 1.82) is 0 Å². The Morgan fingerprint density at radius 3 is 2.58 bits per heavy atom. The molecule has 1 atom stereocenters. The van der Waals surface area contributed by atoms with Gasteiger partial charge >= 0.3 is 0 Å². The number of hydrogen-bond donors (Lipinski definition) is 2. The zero-order valence-electron chi connectivity index (χ0n) is 8.15. The van der Waals surface area contributed by atoms with Crippen molar-refractivity contribution in [1.82, 2.24) is 0 Å². The van der Waals surface area contributed by atoms with E-state index >= 15 is 0 Å². The van der Waals surface area contributed by atoms with E-state index in [0.717, 1.165) is 24.1 Å². The quantitative estimate of drug-likeness (QED) is 0.622. The lowest BCUT2D eigenvalue weighted by molar-refractivity contribution is 0.461. The normalized spacial score (nSPS) is 30.5. The maximum Gasteiger partial charge on any atom is 0.0593 e. The monoisotopic (exact) mass is 166 g/mol. The molecule has 0 fully saturated rings. The Morgan fingerprint density at radius 1 is 1.50 bits per heavy atom. The van der Waals surface area contributed by atoms with Gasteiger partial charge in [-0.25, -0.2) is 0 Å². The van der Waals surface area contributed by atoms with Crippen molar-refractivity contribution in [3.05, 3.63) is 22.9 Å². The smallest absolute Gasteiger partial charge is 0.0593 e. The van der Waals surface area contributed by atoms with Crippen LogP contribution in [0, 0.1) is 0 Å². The summed E-state index contributed by atoms with van der Waals surface area (Å²) >= 11 is 0. The van der Waals surface area contributed by atoms with Gasteiger partial charge in [0.25, 0.3) is 0 Å². The molecule has 0 aromatic carbocycles. The van der Waals surface area contributed by atoms with Crippen molar-refractivity contribution < 1.29 is 0 Å². The molecule has 0 spiro atoms. The first-order valence-corrected chi connectivity index (χ1v) is 4.42. The number of rotatable bonds is 1. The average molecular weight is 166 g/mol. The van der Waals surface area contributed by atoms with Crippen LogP contribution in [0.5, 0.6) is 0 Å². The first kappa shape index (κ1) is 9.33. The highest BCUT2D eigenvalue weighted by Crippen LogP contribution is 2.30. The summed E-state index contributed by atoms with van der Waals surface area (Å²) in [4.78, 5) is 0. The summed E-state index contributed by atoms with van der Waals surface area (Å²) in [6.07, 6.45) is 3.92. The highest BCUT2D eigenvalue weighted by molar-refractivity contribution is 5.37. The van der Waals surface area contributed by atoms with Crippen LogP contribution in [0.3, 0.4) is 0 Å². The Kier molecular flexibility index (Phi) is 2.29. The molecule has 2 heteroatoms. The van der Waals surface area contributed by atoms with E-state index in [1.165, 1.54) is 5.57 Å². The molecular weight excluding hydrogens is 148 g/mol. The topological polar surface area (TPSA) is 52.0 Å². The van der Waals surface area contributed by atoms with E-state index in [2.05, 4.69) is 19.9 Å². The van der Waals surface area contributed by atoms with E-state index in [4.69, 9.17) is 11.5 Å². The van der Waals surface area contributed by atoms with Gasteiger partial charge in [0.15, 0.2) is 0 Å². The van der Waals surface area contributed by atoms with E-state index in [0.29, 0.717) is 0 Å². The zero-order chi connectivity index (χ0) is 9.35. The van der Waals surface area contributed by atoms with Crippen molar-refractivity contribution >= 4 is 0 Å². The molecule has 12 heavy (non-hydrogen) atoms. The third kappa shape index (κ3) is 1.39. The molecule has 1 aliphatic carbocycles. The summed E-state index contributed by atoms with van der Waals surface area (Å²) in [5, 5.41) is 0. The summed E-state index contributed by atoms with van der Waals surface area (Å²) in [6.45, 7) is 6.21. The second-order valence-corrected chi connectivity index (χ2v) is 3.77. The lowest BCUT2D eigenvalue weighted by Crippen LogP contribution is -2.46. The standard InChI is InChI=1S/C10H18N2/c1-4-10(12)6-7(2)5-8(3)9(10)11/h5H,4,6,11-12H2,1-3H3. The maximum absolute atomic E-state index is 6.16. The van der Waals surface area contributed by atoms with Gasteiger partial charge in [0.2, 0.25) is 0 Å². The van der Waals surface area contributed by atoms with E-state index in [9.17, 15) is 0 Å². The minimum Gasteiger partial charge on any atom is -0.400 e. The van der Waals surface area contributed by atoms with Gasteiger partial charge in [-0.05, 0) is 32.3 Å². The van der Waals surface area contributed by atoms with Crippen molar-refractivity contribution in [2.45, 2.75) is 39.2 Å². The van der Waals surface area contributed by atoms with Crippen LogP contribution in [0.2, 0.25) is 0 Å². The Labute approximate surface area is 74.3 Å². The molecule has 0 heterocycles. The first-order valence-electron chi connectivity index (χ1n) is 4.42. The number of hydrogen-bond acceptors (Lipinski definition) is 2. The van der Waals surface area contributed by atoms with Crippen molar-refractivity contribution in [2.75, 3.05) is 0 Å². The third-order valence-corrected chi connectivity index (χ3v) is 2.65. The highest BCUT2D eigenvalue weighted by atomic mass is 14.8. The molecule has 0 saturated heterocycles. The summed E-state index contributed by atoms with van der Waals surface area (Å²) in [5.41, 5.74) is 15.1. The van der Waals surface area contributed by atoms with Gasteiger partial charge in [-0.3, -0.25) is 0 Å². The SMILES string of the molecule is CCC1(N)CC(C)=CC(C)=C1N. The number of nitrogens with two attached hydrogens (primary N) is 2. The van der Waals surface area contributed by atoms with Crippen molar-refractivity contribution in [3.8, 4) is 0 Å². The maximum atomic E-state index is 6.16. The fraction of sp³-hybridized carbons (Fsp3) is 0.600. The van der Waals surface area contributed by atoms with Crippen molar-refractivity contribution in [3.63, 3.8) is 0 Å². The first-order chi connectivity index (χ1) is 5.49. The van der Waals surface area contributed by atoms with Gasteiger partial charge in [0.1, 0.15) is 0 Å². The van der Waals surface area contributed by atoms with Crippen LogP contribution in [-0.2, 0) is 0 Å². The van der Waals surface area contributed by atoms with Crippen LogP contribution < -0.4 is 11.5 Å². The predicted molar refractivity (Wildman–Crippen MR) is 52.5 cm³/mol. The highest BCUT2D eigenvalue weighted by Gasteiger charge is 2.29. The molecule has 0 amide bonds. The van der Waals surface area contributed by atoms with Gasteiger partial charge in [-0.2, -0.15) is 0 Å². The Morgan fingerprint density at radius 2 is 2.08 bits per heavy atom. The molecule has 2 nitrogen and oxygen atoms in total. The molecule has 0 aromatic heterocycles. The molecule has 4 N–H and O–H groups in total. The summed E-state index contributed by atoms with van der Waals surface area (Å²) < 4.78 is 0. The Hall–Kier alpha value is -0.760. The molecule has 0 bridgehead atoms. The largest absolute Gasteiger partial charge is 0.400 e. The number of allylic oxidation sites excluding steroid dienone is 2. The molecule has 0 aromatic rings. The fourth-order valence-electron chi connectivity index (χ4n) is 1.80. The van der Waals surface area contributed by atoms with Crippen LogP contribution in [-0.4, -0.2) is 5.54 Å². The second kappa shape index (κ2) is 2.94. The summed E-state index contributed by atoms with van der Waals surface area (Å²) in [6, 6.07) is 0. The average Bonchev–Trinajstić information content (AvgIpc) is 2.00. The van der Waals surface area contributed by atoms with E-state index in [1.807, 2.05) is 6.92 Å². The lowest BCUT2D eigenvalue weighted by atomic mass is 9.80. The van der Waals surface area contributed by atoms with Gasteiger partial charge in [0.05, 0.1) is 5.54 Å². The summed E-state index contributed by atoms with van der Waals surface area (Å²) in [7, 11) is 0. The lowest BCUT2D eigenvalue weighted by Gasteiger charge is -2.33. The van der Waals surface area contributed by atoms with Gasteiger partial charge in [0, 0.05) is 5.70 Å². The molecule has 1 unspecified atom stereocenters.